The topological polar surface area (TPSA) is 66.9 Å². The standard InChI is InChI=1S/C7H11N5S/c1-3-6(9-8)4-7-5(2)12(13)11-10-7/h4,6,8,13H,2-3H2,1H3/b7-4+,9-8?. The van der Waals surface area contributed by atoms with Gasteiger partial charge in [0.25, 0.3) is 0 Å². The smallest absolute Gasteiger partial charge is 0.111 e. The molecule has 1 rings (SSSR count). The molecule has 1 aromatic rings. The molecule has 1 heterocycles. The maximum Gasteiger partial charge on any atom is 0.111 e. The summed E-state index contributed by atoms with van der Waals surface area (Å²) < 4.78 is 1.29. The van der Waals surface area contributed by atoms with E-state index in [1.807, 2.05) is 6.92 Å². The van der Waals surface area contributed by atoms with Gasteiger partial charge in [-0.25, -0.2) is 5.53 Å². The predicted molar refractivity (Wildman–Crippen MR) is 52.9 cm³/mol. The zero-order valence-electron chi connectivity index (χ0n) is 7.30. The van der Waals surface area contributed by atoms with E-state index in [4.69, 9.17) is 5.53 Å². The molecular formula is C7H11N5S. The van der Waals surface area contributed by atoms with Gasteiger partial charge < -0.3 is 0 Å². The third-order valence-corrected chi connectivity index (χ3v) is 2.03. The summed E-state index contributed by atoms with van der Waals surface area (Å²) >= 11 is 3.98. The van der Waals surface area contributed by atoms with Gasteiger partial charge in [0.15, 0.2) is 0 Å². The number of nitrogens with one attached hydrogen (secondary N) is 1. The summed E-state index contributed by atoms with van der Waals surface area (Å²) in [5, 5.41) is 12.2. The molecule has 0 amide bonds. The minimum Gasteiger partial charge on any atom is -0.209 e. The van der Waals surface area contributed by atoms with Crippen molar-refractivity contribution < 1.29 is 0 Å². The molecule has 0 saturated carbocycles. The molecule has 0 aliphatic rings. The van der Waals surface area contributed by atoms with Crippen molar-refractivity contribution in [2.75, 3.05) is 0 Å². The molecular weight excluding hydrogens is 186 g/mol. The van der Waals surface area contributed by atoms with Gasteiger partial charge in [0, 0.05) is 0 Å². The van der Waals surface area contributed by atoms with E-state index >= 15 is 0 Å². The van der Waals surface area contributed by atoms with Crippen LogP contribution in [0.5, 0.6) is 0 Å². The van der Waals surface area contributed by atoms with E-state index in [9.17, 15) is 0 Å². The Labute approximate surface area is 81.2 Å². The Kier molecular flexibility index (Phi) is 3.18. The molecule has 1 atom stereocenters. The number of hydrogen-bond donors (Lipinski definition) is 2. The summed E-state index contributed by atoms with van der Waals surface area (Å²) in [7, 11) is 0. The summed E-state index contributed by atoms with van der Waals surface area (Å²) in [6.07, 6.45) is 2.53. The predicted octanol–water partition coefficient (Wildman–Crippen LogP) is -0.0286. The molecule has 5 nitrogen and oxygen atoms in total. The van der Waals surface area contributed by atoms with E-state index in [1.54, 1.807) is 6.08 Å². The monoisotopic (exact) mass is 197 g/mol. The highest BCUT2D eigenvalue weighted by Crippen LogP contribution is 1.96. The minimum absolute atomic E-state index is 0.148. The third kappa shape index (κ3) is 2.15. The van der Waals surface area contributed by atoms with Crippen molar-refractivity contribution in [3.63, 3.8) is 0 Å². The fourth-order valence-electron chi connectivity index (χ4n) is 0.863. The highest BCUT2D eigenvalue weighted by molar-refractivity contribution is 7.78. The number of hydrogen-bond acceptors (Lipinski definition) is 5. The lowest BCUT2D eigenvalue weighted by atomic mass is 10.2. The molecule has 0 bridgehead atoms. The third-order valence-electron chi connectivity index (χ3n) is 1.71. The maximum absolute atomic E-state index is 6.89. The molecule has 0 aromatic carbocycles. The van der Waals surface area contributed by atoms with E-state index < -0.39 is 0 Å². The average Bonchev–Trinajstić information content (AvgIpc) is 2.45. The first kappa shape index (κ1) is 9.91. The molecule has 1 N–H and O–H groups in total. The first-order valence-electron chi connectivity index (χ1n) is 3.87. The number of thiol groups is 1. The van der Waals surface area contributed by atoms with Gasteiger partial charge in [-0.1, -0.05) is 18.7 Å². The van der Waals surface area contributed by atoms with Gasteiger partial charge in [0.1, 0.15) is 5.35 Å². The van der Waals surface area contributed by atoms with Crippen LogP contribution in [-0.2, 0) is 0 Å². The molecule has 0 radical (unpaired) electrons. The summed E-state index contributed by atoms with van der Waals surface area (Å²) in [4.78, 5) is 0. The molecule has 0 aliphatic carbocycles. The minimum atomic E-state index is -0.148. The largest absolute Gasteiger partial charge is 0.209 e. The summed E-state index contributed by atoms with van der Waals surface area (Å²) in [5.74, 6) is 0. The van der Waals surface area contributed by atoms with Crippen molar-refractivity contribution in [3.05, 3.63) is 10.7 Å². The first-order valence-corrected chi connectivity index (χ1v) is 4.27. The van der Waals surface area contributed by atoms with Crippen molar-refractivity contribution in [2.24, 2.45) is 5.11 Å². The van der Waals surface area contributed by atoms with Crippen molar-refractivity contribution in [2.45, 2.75) is 19.4 Å². The second kappa shape index (κ2) is 4.18. The fourth-order valence-corrected chi connectivity index (χ4v) is 1.01. The van der Waals surface area contributed by atoms with E-state index in [0.29, 0.717) is 10.7 Å². The summed E-state index contributed by atoms with van der Waals surface area (Å²) in [5.41, 5.74) is 6.89. The van der Waals surface area contributed by atoms with Gasteiger partial charge in [0.2, 0.25) is 0 Å². The van der Waals surface area contributed by atoms with Crippen molar-refractivity contribution >= 4 is 25.5 Å². The Balaban J connectivity index is 3.13. The maximum atomic E-state index is 6.89. The molecule has 13 heavy (non-hydrogen) atoms. The van der Waals surface area contributed by atoms with Crippen molar-refractivity contribution in [1.29, 1.82) is 5.53 Å². The molecule has 0 aliphatic heterocycles. The van der Waals surface area contributed by atoms with E-state index in [-0.39, 0.29) is 6.04 Å². The lowest BCUT2D eigenvalue weighted by Crippen LogP contribution is -2.27. The summed E-state index contributed by atoms with van der Waals surface area (Å²) in [6.45, 7) is 5.68. The second-order valence-electron chi connectivity index (χ2n) is 2.58. The van der Waals surface area contributed by atoms with Crippen LogP contribution in [0.25, 0.3) is 12.7 Å². The number of aromatic nitrogens is 3. The number of nitrogens with zero attached hydrogens (tertiary/aromatic N) is 4. The molecule has 70 valence electrons. The molecule has 0 fully saturated rings. The van der Waals surface area contributed by atoms with Crippen LogP contribution < -0.4 is 10.7 Å². The van der Waals surface area contributed by atoms with Crippen molar-refractivity contribution in [1.82, 2.24) is 14.4 Å². The van der Waals surface area contributed by atoms with E-state index in [1.165, 1.54) is 4.09 Å². The van der Waals surface area contributed by atoms with Crippen LogP contribution in [0.3, 0.4) is 0 Å². The highest BCUT2D eigenvalue weighted by atomic mass is 32.1. The Morgan fingerprint density at radius 2 is 2.54 bits per heavy atom. The highest BCUT2D eigenvalue weighted by Gasteiger charge is 2.00. The lowest BCUT2D eigenvalue weighted by Gasteiger charge is -1.96. The van der Waals surface area contributed by atoms with Crippen molar-refractivity contribution in [3.8, 4) is 0 Å². The summed E-state index contributed by atoms with van der Waals surface area (Å²) in [6, 6.07) is -0.148. The number of rotatable bonds is 3. The van der Waals surface area contributed by atoms with Crippen LogP contribution in [0.2, 0.25) is 0 Å². The SMILES string of the molecule is C=c1/c(=C\C(CC)N=N)nnn1S. The zero-order chi connectivity index (χ0) is 9.84. The van der Waals surface area contributed by atoms with Crippen LogP contribution >= 0.6 is 12.8 Å². The van der Waals surface area contributed by atoms with Crippen LogP contribution in [-0.4, -0.2) is 20.4 Å². The van der Waals surface area contributed by atoms with Crippen LogP contribution in [0.4, 0.5) is 0 Å². The normalized spacial score (nSPS) is 14.5. The lowest BCUT2D eigenvalue weighted by molar-refractivity contribution is 0.743. The fraction of sp³-hybridized carbons (Fsp3) is 0.429. The van der Waals surface area contributed by atoms with Gasteiger partial charge in [-0.2, -0.15) is 9.20 Å². The Morgan fingerprint density at radius 1 is 1.85 bits per heavy atom. The van der Waals surface area contributed by atoms with E-state index in [2.05, 4.69) is 34.8 Å². The van der Waals surface area contributed by atoms with Gasteiger partial charge in [0.05, 0.1) is 11.4 Å². The first-order chi connectivity index (χ1) is 6.19. The second-order valence-corrected chi connectivity index (χ2v) is 2.96. The Hall–Kier alpha value is -1.17. The van der Waals surface area contributed by atoms with Gasteiger partial charge in [-0.15, -0.1) is 5.10 Å². The Morgan fingerprint density at radius 3 is 2.92 bits per heavy atom. The Bertz CT molecular complexity index is 396. The average molecular weight is 197 g/mol. The van der Waals surface area contributed by atoms with Crippen LogP contribution in [0.15, 0.2) is 5.11 Å². The quantitative estimate of drug-likeness (QED) is 0.528. The molecule has 6 heteroatoms. The molecule has 1 aromatic heterocycles. The van der Waals surface area contributed by atoms with Gasteiger partial charge >= 0.3 is 0 Å². The van der Waals surface area contributed by atoms with Crippen LogP contribution in [0.1, 0.15) is 13.3 Å². The van der Waals surface area contributed by atoms with E-state index in [0.717, 1.165) is 6.42 Å². The molecule has 0 saturated heterocycles. The van der Waals surface area contributed by atoms with Crippen LogP contribution in [0, 0.1) is 5.53 Å². The molecule has 1 unspecified atom stereocenters. The van der Waals surface area contributed by atoms with Gasteiger partial charge in [-0.3, -0.25) is 0 Å². The van der Waals surface area contributed by atoms with Gasteiger partial charge in [-0.05, 0) is 25.3 Å². The zero-order valence-corrected chi connectivity index (χ0v) is 8.20. The molecule has 0 spiro atoms.